The number of rotatable bonds is 14. The van der Waals surface area contributed by atoms with Crippen LogP contribution in [0.4, 0.5) is 18.9 Å². The first-order chi connectivity index (χ1) is 33.1. The number of hydrogen-bond acceptors (Lipinski definition) is 11. The summed E-state index contributed by atoms with van der Waals surface area (Å²) in [5, 5.41) is 22.4. The number of nitrogens with one attached hydrogen (secondary N) is 3. The topological polar surface area (TPSA) is 172 Å². The predicted molar refractivity (Wildman–Crippen MR) is 260 cm³/mol. The molecular weight excluding hydrogens is 920 g/mol. The molecule has 0 bridgehead atoms. The van der Waals surface area contributed by atoms with E-state index in [1.807, 2.05) is 70.6 Å². The number of carbonyl (C=O) groups is 4. The predicted octanol–water partition coefficient (Wildman–Crippen LogP) is 6.53. The number of carbonyl (C=O) groups excluding carboxylic acids is 4. The third-order valence-electron chi connectivity index (χ3n) is 14.7. The Morgan fingerprint density at radius 1 is 0.900 bits per heavy atom. The van der Waals surface area contributed by atoms with Crippen molar-refractivity contribution < 1.29 is 32.3 Å². The van der Waals surface area contributed by atoms with Gasteiger partial charge in [-0.3, -0.25) is 38.6 Å². The van der Waals surface area contributed by atoms with Crippen molar-refractivity contribution in [3.8, 4) is 16.5 Å². The highest BCUT2D eigenvalue weighted by Gasteiger charge is 2.45. The quantitative estimate of drug-likeness (QED) is 0.126. The standard InChI is InChI=1S/C51H64F3N11O4S/c1-31(33-10-12-35(13-11-33)44-32(2)56-30-70-44)58-46(67)42-9-8-18-64(42)47(68)45(49(3,4)5)60-43(66)29-61-25-39(26-61)63-27-40(28-63)62-19-16-34(17-20-62)37-23-57-65(24-37)50(6,7)48(69)59-38-15-14-36(22-55)41(21-38)51(52,53)54/h10-15,21,23-24,30-31,34,39-40,42,45H,8-9,16-20,25-29H2,1-7H3,(H,58,67)(H,59,69)(H,60,66)/t31-,42-,45+/m0/s1. The molecule has 6 heterocycles. The Labute approximate surface area is 411 Å². The summed E-state index contributed by atoms with van der Waals surface area (Å²) in [5.41, 5.74) is 2.42. The van der Waals surface area contributed by atoms with Crippen LogP contribution in [-0.4, -0.2) is 135 Å². The number of hydrogen-bond donors (Lipinski definition) is 3. The van der Waals surface area contributed by atoms with E-state index in [0.717, 1.165) is 91.5 Å². The van der Waals surface area contributed by atoms with E-state index in [9.17, 15) is 32.3 Å². The molecule has 4 saturated heterocycles. The number of piperidine rings is 1. The number of halogens is 3. The zero-order chi connectivity index (χ0) is 50.3. The molecule has 0 aliphatic carbocycles. The average Bonchev–Trinajstić information content (AvgIpc) is 4.09. The van der Waals surface area contributed by atoms with Crippen molar-refractivity contribution in [1.82, 2.24) is 45.0 Å². The van der Waals surface area contributed by atoms with Crippen LogP contribution in [0.15, 0.2) is 60.4 Å². The van der Waals surface area contributed by atoms with Gasteiger partial charge in [0.05, 0.1) is 52.1 Å². The molecule has 3 atom stereocenters. The van der Waals surface area contributed by atoms with Gasteiger partial charge in [-0.1, -0.05) is 45.0 Å². The van der Waals surface area contributed by atoms with Gasteiger partial charge >= 0.3 is 6.18 Å². The second-order valence-corrected chi connectivity index (χ2v) is 21.9. The number of amides is 4. The van der Waals surface area contributed by atoms with E-state index >= 15 is 0 Å². The Hall–Kier alpha value is -5.68. The Morgan fingerprint density at radius 3 is 2.21 bits per heavy atom. The lowest BCUT2D eigenvalue weighted by Gasteiger charge is -2.55. The van der Waals surface area contributed by atoms with Gasteiger partial charge in [0.15, 0.2) is 0 Å². The summed E-state index contributed by atoms with van der Waals surface area (Å²) in [6, 6.07) is 11.9. The maximum Gasteiger partial charge on any atom is 0.417 e. The molecule has 0 unspecified atom stereocenters. The number of anilines is 1. The lowest BCUT2D eigenvalue weighted by molar-refractivity contribution is -0.144. The zero-order valence-corrected chi connectivity index (χ0v) is 41.8. The molecule has 374 valence electrons. The molecule has 0 spiro atoms. The number of aryl methyl sites for hydroxylation is 1. The highest BCUT2D eigenvalue weighted by atomic mass is 32.1. The number of alkyl halides is 3. The van der Waals surface area contributed by atoms with Crippen LogP contribution in [0, 0.1) is 23.7 Å². The highest BCUT2D eigenvalue weighted by molar-refractivity contribution is 7.13. The minimum absolute atomic E-state index is 0.0563. The van der Waals surface area contributed by atoms with E-state index in [2.05, 4.69) is 40.7 Å². The lowest BCUT2D eigenvalue weighted by atomic mass is 9.85. The first-order valence-corrected chi connectivity index (χ1v) is 25.1. The second kappa shape index (κ2) is 20.2. The van der Waals surface area contributed by atoms with E-state index in [-0.39, 0.29) is 41.9 Å². The maximum atomic E-state index is 14.2. The molecule has 0 saturated carbocycles. The molecule has 2 aromatic heterocycles. The first-order valence-electron chi connectivity index (χ1n) is 24.2. The van der Waals surface area contributed by atoms with Crippen LogP contribution < -0.4 is 16.0 Å². The van der Waals surface area contributed by atoms with Gasteiger partial charge in [-0.15, -0.1) is 11.3 Å². The maximum absolute atomic E-state index is 14.2. The van der Waals surface area contributed by atoms with Crippen molar-refractivity contribution in [1.29, 1.82) is 5.26 Å². The first kappa shape index (κ1) is 50.7. The third-order valence-corrected chi connectivity index (χ3v) is 15.7. The van der Waals surface area contributed by atoms with Crippen molar-refractivity contribution in [3.63, 3.8) is 0 Å². The number of nitriles is 1. The Balaban J connectivity index is 0.754. The monoisotopic (exact) mass is 983 g/mol. The second-order valence-electron chi connectivity index (χ2n) is 21.0. The van der Waals surface area contributed by atoms with Crippen molar-refractivity contribution in [2.24, 2.45) is 5.41 Å². The molecule has 4 aromatic rings. The van der Waals surface area contributed by atoms with E-state index in [1.54, 1.807) is 47.0 Å². The normalized spacial score (nSPS) is 20.0. The average molecular weight is 984 g/mol. The summed E-state index contributed by atoms with van der Waals surface area (Å²) < 4.78 is 42.1. The Bertz CT molecular complexity index is 2600. The smallest absolute Gasteiger partial charge is 0.348 e. The molecule has 4 amide bonds. The highest BCUT2D eigenvalue weighted by Crippen LogP contribution is 2.36. The Morgan fingerprint density at radius 2 is 1.59 bits per heavy atom. The van der Waals surface area contributed by atoms with Crippen molar-refractivity contribution in [2.75, 3.05) is 57.7 Å². The summed E-state index contributed by atoms with van der Waals surface area (Å²) in [6.45, 7) is 19.0. The fraction of sp³-hybridized carbons (Fsp3) is 0.549. The molecule has 70 heavy (non-hydrogen) atoms. The van der Waals surface area contributed by atoms with Crippen LogP contribution in [0.3, 0.4) is 0 Å². The molecule has 8 rings (SSSR count). The zero-order valence-electron chi connectivity index (χ0n) is 41.0. The van der Waals surface area contributed by atoms with Crippen LogP contribution in [0.1, 0.15) is 107 Å². The Kier molecular flexibility index (Phi) is 14.6. The molecule has 4 aliphatic heterocycles. The SMILES string of the molecule is Cc1ncsc1-c1ccc([C@H](C)NC(=O)[C@@H]2CCCN2C(=O)[C@@H](NC(=O)CN2CC(N3CC(N4CCC(c5cnn(C(C)(C)C(=O)Nc6ccc(C#N)c(C(F)(F)F)c6)c5)CC4)C3)C2)C(C)(C)C)cc1. The van der Waals surface area contributed by atoms with Crippen molar-refractivity contribution in [3.05, 3.63) is 88.3 Å². The number of benzene rings is 2. The van der Waals surface area contributed by atoms with Crippen molar-refractivity contribution in [2.45, 2.75) is 122 Å². The van der Waals surface area contributed by atoms with Crippen LogP contribution >= 0.6 is 11.3 Å². The van der Waals surface area contributed by atoms with E-state index in [0.29, 0.717) is 31.5 Å². The molecule has 3 N–H and O–H groups in total. The number of aromatic nitrogens is 3. The van der Waals surface area contributed by atoms with Gasteiger partial charge in [-0.2, -0.15) is 23.5 Å². The van der Waals surface area contributed by atoms with E-state index in [4.69, 9.17) is 5.26 Å². The van der Waals surface area contributed by atoms with Crippen molar-refractivity contribution >= 4 is 40.7 Å². The van der Waals surface area contributed by atoms with E-state index < -0.39 is 46.2 Å². The van der Waals surface area contributed by atoms with Crippen LogP contribution in [0.25, 0.3) is 10.4 Å². The minimum atomic E-state index is -4.74. The molecule has 2 aromatic carbocycles. The summed E-state index contributed by atoms with van der Waals surface area (Å²) in [4.78, 5) is 69.0. The summed E-state index contributed by atoms with van der Waals surface area (Å²) in [6.07, 6.45) is 2.02. The van der Waals surface area contributed by atoms with E-state index in [1.165, 1.54) is 6.07 Å². The molecule has 4 aliphatic rings. The summed E-state index contributed by atoms with van der Waals surface area (Å²) >= 11 is 1.60. The molecular formula is C51H64F3N11O4S. The fourth-order valence-corrected chi connectivity index (χ4v) is 10.9. The van der Waals surface area contributed by atoms with Gasteiger partial charge in [0.2, 0.25) is 17.7 Å². The molecule has 4 fully saturated rings. The lowest BCUT2D eigenvalue weighted by Crippen LogP contribution is -2.70. The number of likely N-dealkylation sites (tertiary alicyclic amines) is 4. The molecule has 19 heteroatoms. The third kappa shape index (κ3) is 10.9. The number of nitrogens with zero attached hydrogens (tertiary/aromatic N) is 8. The summed E-state index contributed by atoms with van der Waals surface area (Å²) in [5.74, 6) is -0.910. The fourth-order valence-electron chi connectivity index (χ4n) is 10.1. The minimum Gasteiger partial charge on any atom is -0.348 e. The van der Waals surface area contributed by atoms with Crippen LogP contribution in [0.2, 0.25) is 0 Å². The van der Waals surface area contributed by atoms with Gasteiger partial charge in [0.1, 0.15) is 17.6 Å². The van der Waals surface area contributed by atoms with Gasteiger partial charge in [-0.05, 0) is 113 Å². The van der Waals surface area contributed by atoms with Gasteiger partial charge < -0.3 is 20.9 Å². The van der Waals surface area contributed by atoms with Gasteiger partial charge in [0, 0.05) is 56.7 Å². The molecule has 15 nitrogen and oxygen atoms in total. The van der Waals surface area contributed by atoms with Crippen LogP contribution in [-0.2, 0) is 30.9 Å². The van der Waals surface area contributed by atoms with Gasteiger partial charge in [0.25, 0.3) is 5.91 Å². The van der Waals surface area contributed by atoms with Gasteiger partial charge in [-0.25, -0.2) is 4.98 Å². The summed E-state index contributed by atoms with van der Waals surface area (Å²) in [7, 11) is 0. The molecule has 0 radical (unpaired) electrons. The van der Waals surface area contributed by atoms with Crippen LogP contribution in [0.5, 0.6) is 0 Å². The number of thiazole rings is 1. The largest absolute Gasteiger partial charge is 0.417 e.